The molecule has 0 radical (unpaired) electrons. The summed E-state index contributed by atoms with van der Waals surface area (Å²) in [6.45, 7) is 4.39. The van der Waals surface area contributed by atoms with Crippen LogP contribution in [0.5, 0.6) is 5.75 Å². The first kappa shape index (κ1) is 27.7. The second kappa shape index (κ2) is 12.8. The Morgan fingerprint density at radius 2 is 1.82 bits per heavy atom. The Balaban J connectivity index is 2.14. The summed E-state index contributed by atoms with van der Waals surface area (Å²) >= 11 is 3.43. The van der Waals surface area contributed by atoms with Gasteiger partial charge < -0.3 is 15.0 Å². The van der Waals surface area contributed by atoms with E-state index in [1.807, 2.05) is 31.2 Å². The molecule has 2 amide bonds. The lowest BCUT2D eigenvalue weighted by Gasteiger charge is -2.29. The van der Waals surface area contributed by atoms with Gasteiger partial charge in [0.1, 0.15) is 11.8 Å². The Morgan fingerprint density at radius 1 is 1.15 bits per heavy atom. The topological polar surface area (TPSA) is 96.0 Å². The number of benzene rings is 2. The van der Waals surface area contributed by atoms with Crippen molar-refractivity contribution >= 4 is 43.5 Å². The SMILES string of the molecule is CCNC(=O)[C@@H](C)N(Cc1cccc(Br)c1)C(=O)CCCN(c1ccc(OC)cc1)S(C)(=O)=O. The van der Waals surface area contributed by atoms with Crippen molar-refractivity contribution in [2.75, 3.05) is 30.8 Å². The molecule has 0 aromatic heterocycles. The normalized spacial score (nSPS) is 12.0. The molecule has 1 N–H and O–H groups in total. The van der Waals surface area contributed by atoms with Crippen molar-refractivity contribution in [3.8, 4) is 5.75 Å². The predicted octanol–water partition coefficient (Wildman–Crippen LogP) is 3.56. The van der Waals surface area contributed by atoms with Crippen molar-refractivity contribution in [3.05, 3.63) is 58.6 Å². The summed E-state index contributed by atoms with van der Waals surface area (Å²) in [6.07, 6.45) is 1.53. The maximum atomic E-state index is 13.2. The van der Waals surface area contributed by atoms with Gasteiger partial charge in [-0.15, -0.1) is 0 Å². The van der Waals surface area contributed by atoms with Crippen LogP contribution in [0.4, 0.5) is 5.69 Å². The van der Waals surface area contributed by atoms with Gasteiger partial charge in [-0.05, 0) is 62.2 Å². The average Bonchev–Trinajstić information content (AvgIpc) is 2.79. The van der Waals surface area contributed by atoms with E-state index in [0.29, 0.717) is 24.4 Å². The summed E-state index contributed by atoms with van der Waals surface area (Å²) < 4.78 is 32.0. The minimum atomic E-state index is -3.55. The van der Waals surface area contributed by atoms with Gasteiger partial charge >= 0.3 is 0 Å². The molecule has 0 spiro atoms. The Bertz CT molecular complexity index is 1080. The number of amides is 2. The van der Waals surface area contributed by atoms with Gasteiger partial charge in [-0.25, -0.2) is 8.42 Å². The summed E-state index contributed by atoms with van der Waals surface area (Å²) in [4.78, 5) is 27.2. The summed E-state index contributed by atoms with van der Waals surface area (Å²) in [7, 11) is -2.01. The van der Waals surface area contributed by atoms with E-state index >= 15 is 0 Å². The summed E-state index contributed by atoms with van der Waals surface area (Å²) in [5, 5.41) is 2.76. The van der Waals surface area contributed by atoms with Gasteiger partial charge in [-0.2, -0.15) is 0 Å². The van der Waals surface area contributed by atoms with Gasteiger partial charge in [0.2, 0.25) is 21.8 Å². The van der Waals surface area contributed by atoms with E-state index in [-0.39, 0.29) is 31.3 Å². The lowest BCUT2D eigenvalue weighted by molar-refractivity contribution is -0.140. The van der Waals surface area contributed by atoms with E-state index in [1.165, 1.54) is 16.3 Å². The first-order valence-corrected chi connectivity index (χ1v) is 13.6. The van der Waals surface area contributed by atoms with Crippen LogP contribution in [0.1, 0.15) is 32.3 Å². The first-order valence-electron chi connectivity index (χ1n) is 11.0. The van der Waals surface area contributed by atoms with Crippen molar-refractivity contribution in [1.82, 2.24) is 10.2 Å². The Labute approximate surface area is 210 Å². The molecule has 10 heteroatoms. The number of hydrogen-bond donors (Lipinski definition) is 1. The molecule has 0 bridgehead atoms. The summed E-state index contributed by atoms with van der Waals surface area (Å²) in [6, 6.07) is 13.6. The molecule has 0 aliphatic heterocycles. The number of nitrogens with zero attached hydrogens (tertiary/aromatic N) is 2. The predicted molar refractivity (Wildman–Crippen MR) is 137 cm³/mol. The molecule has 0 unspecified atom stereocenters. The van der Waals surface area contributed by atoms with E-state index < -0.39 is 16.1 Å². The van der Waals surface area contributed by atoms with Crippen molar-refractivity contribution in [3.63, 3.8) is 0 Å². The Hall–Kier alpha value is -2.59. The third-order valence-electron chi connectivity index (χ3n) is 5.27. The third kappa shape index (κ3) is 8.02. The molecule has 0 heterocycles. The quantitative estimate of drug-likeness (QED) is 0.433. The molecule has 2 aromatic rings. The minimum absolute atomic E-state index is 0.0971. The van der Waals surface area contributed by atoms with Crippen LogP contribution in [-0.4, -0.2) is 57.6 Å². The Kier molecular flexibility index (Phi) is 10.4. The molecular formula is C24H32BrN3O5S. The summed E-state index contributed by atoms with van der Waals surface area (Å²) in [5.74, 6) is 0.165. The van der Waals surface area contributed by atoms with E-state index in [0.717, 1.165) is 16.3 Å². The van der Waals surface area contributed by atoms with Crippen LogP contribution in [0.3, 0.4) is 0 Å². The molecule has 2 aromatic carbocycles. The number of methoxy groups -OCH3 is 1. The zero-order chi connectivity index (χ0) is 25.3. The van der Waals surface area contributed by atoms with Crippen LogP contribution in [-0.2, 0) is 26.2 Å². The monoisotopic (exact) mass is 553 g/mol. The molecule has 0 aliphatic rings. The summed E-state index contributed by atoms with van der Waals surface area (Å²) in [5.41, 5.74) is 1.38. The van der Waals surface area contributed by atoms with E-state index in [2.05, 4.69) is 21.2 Å². The van der Waals surface area contributed by atoms with Crippen molar-refractivity contribution < 1.29 is 22.7 Å². The van der Waals surface area contributed by atoms with Crippen LogP contribution in [0, 0.1) is 0 Å². The number of carbonyl (C=O) groups excluding carboxylic acids is 2. The molecule has 0 aliphatic carbocycles. The second-order valence-corrected chi connectivity index (χ2v) is 10.7. The van der Waals surface area contributed by atoms with Crippen LogP contribution in [0.2, 0.25) is 0 Å². The number of anilines is 1. The largest absolute Gasteiger partial charge is 0.497 e. The average molecular weight is 555 g/mol. The van der Waals surface area contributed by atoms with Gasteiger partial charge in [-0.3, -0.25) is 13.9 Å². The van der Waals surface area contributed by atoms with Crippen molar-refractivity contribution in [1.29, 1.82) is 0 Å². The minimum Gasteiger partial charge on any atom is -0.497 e. The highest BCUT2D eigenvalue weighted by Gasteiger charge is 2.26. The maximum Gasteiger partial charge on any atom is 0.242 e. The standard InChI is InChI=1S/C24H32BrN3O5S/c1-5-26-24(30)18(2)27(17-19-8-6-9-20(25)16-19)23(29)10-7-15-28(34(4,31)32)21-11-13-22(33-3)14-12-21/h6,8-9,11-14,16,18H,5,7,10,15,17H2,1-4H3,(H,26,30)/t18-/m1/s1. The molecule has 8 nitrogen and oxygen atoms in total. The number of halogens is 1. The van der Waals surface area contributed by atoms with E-state index in [9.17, 15) is 18.0 Å². The number of sulfonamides is 1. The van der Waals surface area contributed by atoms with Gasteiger partial charge in [0, 0.05) is 30.5 Å². The van der Waals surface area contributed by atoms with E-state index in [1.54, 1.807) is 31.2 Å². The smallest absolute Gasteiger partial charge is 0.242 e. The highest BCUT2D eigenvalue weighted by molar-refractivity contribution is 9.10. The van der Waals surface area contributed by atoms with Gasteiger partial charge in [-0.1, -0.05) is 28.1 Å². The molecule has 34 heavy (non-hydrogen) atoms. The zero-order valence-electron chi connectivity index (χ0n) is 20.0. The number of rotatable bonds is 12. The van der Waals surface area contributed by atoms with Crippen molar-refractivity contribution in [2.24, 2.45) is 0 Å². The number of nitrogens with one attached hydrogen (secondary N) is 1. The van der Waals surface area contributed by atoms with E-state index in [4.69, 9.17) is 4.74 Å². The molecule has 0 saturated heterocycles. The number of hydrogen-bond acceptors (Lipinski definition) is 5. The Morgan fingerprint density at radius 3 is 2.38 bits per heavy atom. The fourth-order valence-electron chi connectivity index (χ4n) is 3.49. The third-order valence-corrected chi connectivity index (χ3v) is 6.96. The molecule has 186 valence electrons. The molecule has 1 atom stereocenters. The zero-order valence-corrected chi connectivity index (χ0v) is 22.4. The number of ether oxygens (including phenoxy) is 1. The van der Waals surface area contributed by atoms with Gasteiger partial charge in [0.05, 0.1) is 19.1 Å². The van der Waals surface area contributed by atoms with Crippen LogP contribution < -0.4 is 14.4 Å². The maximum absolute atomic E-state index is 13.2. The fraction of sp³-hybridized carbons (Fsp3) is 0.417. The second-order valence-electron chi connectivity index (χ2n) is 7.86. The number of likely N-dealkylation sites (N-methyl/N-ethyl adjacent to an activating group) is 1. The van der Waals surface area contributed by atoms with Crippen LogP contribution >= 0.6 is 15.9 Å². The molecule has 0 saturated carbocycles. The van der Waals surface area contributed by atoms with Crippen LogP contribution in [0.25, 0.3) is 0 Å². The first-order chi connectivity index (χ1) is 16.1. The number of carbonyl (C=O) groups is 2. The van der Waals surface area contributed by atoms with Gasteiger partial charge in [0.25, 0.3) is 0 Å². The molecule has 0 fully saturated rings. The lowest BCUT2D eigenvalue weighted by Crippen LogP contribution is -2.47. The van der Waals surface area contributed by atoms with Gasteiger partial charge in [0.15, 0.2) is 0 Å². The highest BCUT2D eigenvalue weighted by atomic mass is 79.9. The lowest BCUT2D eigenvalue weighted by atomic mass is 10.1. The molecule has 2 rings (SSSR count). The van der Waals surface area contributed by atoms with Crippen molar-refractivity contribution in [2.45, 2.75) is 39.3 Å². The molecular weight excluding hydrogens is 522 g/mol. The van der Waals surface area contributed by atoms with Crippen LogP contribution in [0.15, 0.2) is 53.0 Å². The fourth-order valence-corrected chi connectivity index (χ4v) is 4.90. The highest BCUT2D eigenvalue weighted by Crippen LogP contribution is 2.22.